The van der Waals surface area contributed by atoms with E-state index in [0.717, 1.165) is 12.8 Å². The number of allylic oxidation sites excluding steroid dienone is 1. The van der Waals surface area contributed by atoms with E-state index in [-0.39, 0.29) is 0 Å². The highest BCUT2D eigenvalue weighted by molar-refractivity contribution is 6.96. The maximum atomic E-state index is 5.51. The van der Waals surface area contributed by atoms with Crippen molar-refractivity contribution in [1.29, 1.82) is 0 Å². The number of rotatable bonds is 3. The van der Waals surface area contributed by atoms with Crippen LogP contribution in [-0.2, 0) is 0 Å². The molecule has 0 spiro atoms. The van der Waals surface area contributed by atoms with Crippen LogP contribution in [0.25, 0.3) is 0 Å². The van der Waals surface area contributed by atoms with Gasteiger partial charge >= 0.3 is 0 Å². The number of hydrogen-bond donors (Lipinski definition) is 0. The SMILES string of the molecule is CCC(=C[Si]Cl)CC. The number of halogens is 1. The van der Waals surface area contributed by atoms with Gasteiger partial charge in [-0.2, -0.15) is 11.1 Å². The molecule has 0 unspecified atom stereocenters. The molecule has 0 aromatic heterocycles. The fourth-order valence-corrected chi connectivity index (χ4v) is 1.56. The van der Waals surface area contributed by atoms with Crippen molar-refractivity contribution in [3.05, 3.63) is 11.3 Å². The third kappa shape index (κ3) is 3.27. The molecule has 0 saturated heterocycles. The molecule has 0 fully saturated rings. The molecule has 0 heterocycles. The molecule has 0 aliphatic heterocycles. The summed E-state index contributed by atoms with van der Waals surface area (Å²) in [6, 6.07) is 0. The van der Waals surface area contributed by atoms with Gasteiger partial charge in [0.2, 0.25) is 8.83 Å². The summed E-state index contributed by atoms with van der Waals surface area (Å²) in [7, 11) is 0.462. The first kappa shape index (κ1) is 8.25. The molecule has 8 heavy (non-hydrogen) atoms. The summed E-state index contributed by atoms with van der Waals surface area (Å²) in [6.07, 6.45) is 2.30. The summed E-state index contributed by atoms with van der Waals surface area (Å²) in [4.78, 5) is 0. The highest BCUT2D eigenvalue weighted by Crippen LogP contribution is 2.03. The van der Waals surface area contributed by atoms with Gasteiger partial charge in [0.15, 0.2) is 0 Å². The van der Waals surface area contributed by atoms with E-state index >= 15 is 0 Å². The van der Waals surface area contributed by atoms with Crippen LogP contribution < -0.4 is 0 Å². The Labute approximate surface area is 58.5 Å². The van der Waals surface area contributed by atoms with E-state index < -0.39 is 0 Å². The van der Waals surface area contributed by atoms with Crippen LogP contribution in [0.5, 0.6) is 0 Å². The molecular weight excluding hydrogens is 136 g/mol. The normalized spacial score (nSPS) is 8.88. The maximum Gasteiger partial charge on any atom is 0.202 e. The molecule has 2 radical (unpaired) electrons. The summed E-state index contributed by atoms with van der Waals surface area (Å²) in [5.74, 6) is 0. The average molecular weight is 147 g/mol. The van der Waals surface area contributed by atoms with Gasteiger partial charge in [0.25, 0.3) is 0 Å². The molecule has 0 aliphatic rings. The molecule has 0 aromatic carbocycles. The van der Waals surface area contributed by atoms with Crippen LogP contribution in [0.4, 0.5) is 0 Å². The van der Waals surface area contributed by atoms with Crippen molar-refractivity contribution in [2.45, 2.75) is 26.7 Å². The molecular formula is C6H11ClSi. The van der Waals surface area contributed by atoms with Crippen LogP contribution in [0.1, 0.15) is 26.7 Å². The molecule has 0 bridgehead atoms. The Kier molecular flexibility index (Phi) is 5.55. The summed E-state index contributed by atoms with van der Waals surface area (Å²) in [6.45, 7) is 4.32. The predicted molar refractivity (Wildman–Crippen MR) is 40.3 cm³/mol. The van der Waals surface area contributed by atoms with E-state index in [1.165, 1.54) is 5.57 Å². The molecule has 0 aliphatic carbocycles. The zero-order valence-corrected chi connectivity index (χ0v) is 7.13. The Balaban J connectivity index is 3.49. The van der Waals surface area contributed by atoms with E-state index in [9.17, 15) is 0 Å². The molecule has 0 N–H and O–H groups in total. The van der Waals surface area contributed by atoms with E-state index in [4.69, 9.17) is 11.1 Å². The molecule has 0 aromatic rings. The van der Waals surface area contributed by atoms with Gasteiger partial charge in [0.1, 0.15) is 0 Å². The van der Waals surface area contributed by atoms with Gasteiger partial charge in [0, 0.05) is 0 Å². The lowest BCUT2D eigenvalue weighted by Crippen LogP contribution is -1.79. The standard InChI is InChI=1S/C6H11ClSi/c1-3-6(4-2)5-8-7/h5H,3-4H2,1-2H3. The van der Waals surface area contributed by atoms with Gasteiger partial charge in [0.05, 0.1) is 0 Å². The summed E-state index contributed by atoms with van der Waals surface area (Å²) >= 11 is 5.51. The third-order valence-electron chi connectivity index (χ3n) is 1.17. The lowest BCUT2D eigenvalue weighted by molar-refractivity contribution is 0.983. The highest BCUT2D eigenvalue weighted by Gasteiger charge is 1.86. The minimum absolute atomic E-state index is 0.462. The number of hydrogen-bond acceptors (Lipinski definition) is 0. The van der Waals surface area contributed by atoms with Gasteiger partial charge in [-0.25, -0.2) is 0 Å². The predicted octanol–water partition coefficient (Wildman–Crippen LogP) is 2.55. The minimum atomic E-state index is 0.462. The Morgan fingerprint density at radius 1 is 1.50 bits per heavy atom. The van der Waals surface area contributed by atoms with Crippen LogP contribution in [0, 0.1) is 0 Å². The smallest absolute Gasteiger partial charge is 0.165 e. The summed E-state index contributed by atoms with van der Waals surface area (Å²) < 4.78 is 0. The summed E-state index contributed by atoms with van der Waals surface area (Å²) in [5.41, 5.74) is 3.58. The van der Waals surface area contributed by atoms with Crippen LogP contribution in [0.3, 0.4) is 0 Å². The first-order valence-electron chi connectivity index (χ1n) is 2.89. The van der Waals surface area contributed by atoms with E-state index in [1.807, 2.05) is 0 Å². The maximum absolute atomic E-state index is 5.51. The Morgan fingerprint density at radius 3 is 2.12 bits per heavy atom. The van der Waals surface area contributed by atoms with Crippen molar-refractivity contribution in [2.75, 3.05) is 0 Å². The van der Waals surface area contributed by atoms with Crippen molar-refractivity contribution in [3.8, 4) is 0 Å². The molecule has 46 valence electrons. The summed E-state index contributed by atoms with van der Waals surface area (Å²) in [5, 5.41) is 0. The Morgan fingerprint density at radius 2 is 2.00 bits per heavy atom. The van der Waals surface area contributed by atoms with Crippen molar-refractivity contribution >= 4 is 19.9 Å². The zero-order valence-electron chi connectivity index (χ0n) is 5.37. The van der Waals surface area contributed by atoms with Gasteiger partial charge in [-0.05, 0) is 12.8 Å². The topological polar surface area (TPSA) is 0 Å². The Bertz CT molecular complexity index is 72.6. The highest BCUT2D eigenvalue weighted by atomic mass is 35.6. The lowest BCUT2D eigenvalue weighted by atomic mass is 10.2. The first-order chi connectivity index (χ1) is 3.85. The minimum Gasteiger partial charge on any atom is -0.165 e. The average Bonchev–Trinajstić information content (AvgIpc) is 1.83. The molecule has 0 nitrogen and oxygen atoms in total. The van der Waals surface area contributed by atoms with Gasteiger partial charge in [-0.3, -0.25) is 0 Å². The quantitative estimate of drug-likeness (QED) is 0.424. The van der Waals surface area contributed by atoms with Gasteiger partial charge < -0.3 is 0 Å². The third-order valence-corrected chi connectivity index (χ3v) is 2.01. The zero-order chi connectivity index (χ0) is 6.41. The van der Waals surface area contributed by atoms with Crippen LogP contribution in [0.15, 0.2) is 11.3 Å². The largest absolute Gasteiger partial charge is 0.202 e. The monoisotopic (exact) mass is 146 g/mol. The molecule has 0 saturated carbocycles. The van der Waals surface area contributed by atoms with Crippen LogP contribution in [-0.4, -0.2) is 8.83 Å². The van der Waals surface area contributed by atoms with Crippen molar-refractivity contribution in [2.24, 2.45) is 0 Å². The van der Waals surface area contributed by atoms with Crippen LogP contribution in [0.2, 0.25) is 0 Å². The fourth-order valence-electron chi connectivity index (χ4n) is 0.531. The Hall–Kier alpha value is 0.247. The van der Waals surface area contributed by atoms with Gasteiger partial charge in [-0.15, -0.1) is 0 Å². The van der Waals surface area contributed by atoms with E-state index in [2.05, 4.69) is 19.5 Å². The molecule has 0 rings (SSSR count). The van der Waals surface area contributed by atoms with Gasteiger partial charge in [-0.1, -0.05) is 25.1 Å². The first-order valence-corrected chi connectivity index (χ1v) is 4.98. The molecule has 0 amide bonds. The van der Waals surface area contributed by atoms with Crippen molar-refractivity contribution in [3.63, 3.8) is 0 Å². The second kappa shape index (κ2) is 5.38. The van der Waals surface area contributed by atoms with Crippen molar-refractivity contribution < 1.29 is 0 Å². The molecule has 0 atom stereocenters. The van der Waals surface area contributed by atoms with Crippen molar-refractivity contribution in [1.82, 2.24) is 0 Å². The lowest BCUT2D eigenvalue weighted by Gasteiger charge is -1.94. The molecule has 2 heteroatoms. The second-order valence-electron chi connectivity index (χ2n) is 1.62. The van der Waals surface area contributed by atoms with Crippen LogP contribution >= 0.6 is 11.1 Å². The van der Waals surface area contributed by atoms with E-state index in [1.54, 1.807) is 0 Å². The fraction of sp³-hybridized carbons (Fsp3) is 0.667. The van der Waals surface area contributed by atoms with E-state index in [0.29, 0.717) is 8.83 Å². The second-order valence-corrected chi connectivity index (χ2v) is 2.78.